The summed E-state index contributed by atoms with van der Waals surface area (Å²) in [6.07, 6.45) is 0. The summed E-state index contributed by atoms with van der Waals surface area (Å²) in [5.41, 5.74) is 22.9. The normalized spacial score (nSPS) is 12.1. The Labute approximate surface area is 380 Å². The summed E-state index contributed by atoms with van der Waals surface area (Å²) in [4.78, 5) is 0. The number of halogens is 2. The predicted octanol–water partition coefficient (Wildman–Crippen LogP) is 18.3. The van der Waals surface area contributed by atoms with Crippen molar-refractivity contribution in [3.8, 4) is 22.3 Å². The van der Waals surface area contributed by atoms with Gasteiger partial charge in [0, 0.05) is 0 Å². The summed E-state index contributed by atoms with van der Waals surface area (Å²) in [6, 6.07) is 23.9. The molecular formula is C56H75Cl2Zr-3. The topological polar surface area (TPSA) is 0 Å². The van der Waals surface area contributed by atoms with E-state index in [2.05, 4.69) is 206 Å². The van der Waals surface area contributed by atoms with Crippen molar-refractivity contribution in [1.82, 2.24) is 0 Å². The van der Waals surface area contributed by atoms with Crippen LogP contribution in [-0.4, -0.2) is 0 Å². The Hall–Kier alpha value is -2.44. The molecular weight excluding hydrogens is 835 g/mol. The average Bonchev–Trinajstić information content (AvgIpc) is 3.71. The van der Waals surface area contributed by atoms with Gasteiger partial charge in [0.1, 0.15) is 0 Å². The van der Waals surface area contributed by atoms with Gasteiger partial charge in [0.2, 0.25) is 0 Å². The third-order valence-corrected chi connectivity index (χ3v) is 12.3. The molecule has 6 aromatic rings. The van der Waals surface area contributed by atoms with Crippen LogP contribution in [0.4, 0.5) is 0 Å². The van der Waals surface area contributed by atoms with E-state index in [9.17, 15) is 0 Å². The molecule has 0 saturated heterocycles. The summed E-state index contributed by atoms with van der Waals surface area (Å²) in [5, 5.41) is 5.62. The molecule has 6 aromatic carbocycles. The molecule has 0 aliphatic carbocycles. The third-order valence-electron chi connectivity index (χ3n) is 12.3. The molecule has 59 heavy (non-hydrogen) atoms. The molecule has 0 bridgehead atoms. The standard InChI is InChI=1S/2C27H35.C2H5.2ClH.Zr/c2*1-16-11-23-18(3)17(2)19(4)25(24(23)12-16)20-13-21(26(5,6)7)15-22(14-20)27(8,9)10;1-2;;;/h2*11-15H,1-10H3;1H2,2H3;2*1H;/q3*-1;;;+2/p-2. The molecule has 320 valence electrons. The first-order valence-electron chi connectivity index (χ1n) is 21.4. The molecule has 3 heteroatoms. The summed E-state index contributed by atoms with van der Waals surface area (Å²) in [7, 11) is 9.87. The van der Waals surface area contributed by atoms with E-state index >= 15 is 0 Å². The van der Waals surface area contributed by atoms with Crippen LogP contribution < -0.4 is 0 Å². The van der Waals surface area contributed by atoms with Gasteiger partial charge in [0.15, 0.2) is 0 Å². The SMILES string of the molecule is Cc1cc2c(-c3cc(C(C)(C)C)cc(C(C)(C)C)c3)c(C)c(C)c(C)c2[cH-]1.Cc1cc2c(-c3cc(C(C)(C)C)cc(C(C)(C)C)c3)c(C)c(C)c(C)c2[cH-]1.[CH2-]C.[Cl][Zr][Cl]. The summed E-state index contributed by atoms with van der Waals surface area (Å²) >= 11 is -0.826. The molecule has 0 aliphatic heterocycles. The van der Waals surface area contributed by atoms with Gasteiger partial charge >= 0.3 is 37.9 Å². The van der Waals surface area contributed by atoms with E-state index in [1.54, 1.807) is 6.92 Å². The Bertz CT molecular complexity index is 2160. The van der Waals surface area contributed by atoms with Gasteiger partial charge in [-0.3, -0.25) is 0 Å². The van der Waals surface area contributed by atoms with E-state index in [0.717, 1.165) is 0 Å². The monoisotopic (exact) mass is 907 g/mol. The molecule has 0 heterocycles. The van der Waals surface area contributed by atoms with Gasteiger partial charge in [-0.1, -0.05) is 181 Å². The van der Waals surface area contributed by atoms with Gasteiger partial charge in [-0.25, -0.2) is 0 Å². The number of fused-ring (bicyclic) bond motifs is 2. The van der Waals surface area contributed by atoms with E-state index in [0.29, 0.717) is 0 Å². The maximum atomic E-state index is 4.93. The van der Waals surface area contributed by atoms with E-state index in [4.69, 9.17) is 17.0 Å². The molecule has 0 aromatic heterocycles. The van der Waals surface area contributed by atoms with Crippen LogP contribution in [0.1, 0.15) is 157 Å². The number of hydrogen-bond acceptors (Lipinski definition) is 0. The first-order chi connectivity index (χ1) is 27.0. The second kappa shape index (κ2) is 19.3. The van der Waals surface area contributed by atoms with Crippen LogP contribution in [0.3, 0.4) is 0 Å². The number of benzene rings is 4. The van der Waals surface area contributed by atoms with Crippen molar-refractivity contribution >= 4 is 38.6 Å². The van der Waals surface area contributed by atoms with Crippen molar-refractivity contribution in [2.75, 3.05) is 0 Å². The molecule has 0 spiro atoms. The molecule has 0 radical (unpaired) electrons. The Morgan fingerprint density at radius 2 is 0.627 bits per heavy atom. The van der Waals surface area contributed by atoms with Crippen molar-refractivity contribution in [3.05, 3.63) is 134 Å². The minimum absolute atomic E-state index is 0.130. The first-order valence-corrected chi connectivity index (χ1v) is 27.7. The van der Waals surface area contributed by atoms with Crippen LogP contribution in [0, 0.1) is 62.3 Å². The van der Waals surface area contributed by atoms with Gasteiger partial charge in [-0.2, -0.15) is 19.1 Å². The zero-order chi connectivity index (χ0) is 45.3. The predicted molar refractivity (Wildman–Crippen MR) is 265 cm³/mol. The van der Waals surface area contributed by atoms with Crippen molar-refractivity contribution in [2.45, 2.75) is 167 Å². The van der Waals surface area contributed by atoms with Crippen LogP contribution in [0.5, 0.6) is 0 Å². The molecule has 0 unspecified atom stereocenters. The minimum atomic E-state index is -0.826. The first kappa shape index (κ1) is 50.9. The average molecular weight is 910 g/mol. The van der Waals surface area contributed by atoms with Crippen LogP contribution in [0.2, 0.25) is 0 Å². The van der Waals surface area contributed by atoms with E-state index in [-0.39, 0.29) is 21.7 Å². The van der Waals surface area contributed by atoms with Gasteiger partial charge in [-0.05, 0) is 82.7 Å². The molecule has 0 N–H and O–H groups in total. The number of aryl methyl sites for hydroxylation is 4. The Balaban J connectivity index is 0.000000285. The summed E-state index contributed by atoms with van der Waals surface area (Å²) in [5.74, 6) is 0. The summed E-state index contributed by atoms with van der Waals surface area (Å²) in [6.45, 7) is 50.8. The van der Waals surface area contributed by atoms with E-state index in [1.165, 1.54) is 111 Å². The van der Waals surface area contributed by atoms with Crippen molar-refractivity contribution in [2.24, 2.45) is 0 Å². The van der Waals surface area contributed by atoms with E-state index < -0.39 is 20.8 Å². The molecule has 0 amide bonds. The zero-order valence-corrected chi connectivity index (χ0v) is 44.7. The van der Waals surface area contributed by atoms with Crippen molar-refractivity contribution in [1.29, 1.82) is 0 Å². The van der Waals surface area contributed by atoms with Crippen molar-refractivity contribution < 1.29 is 20.8 Å². The maximum absolute atomic E-state index is 4.93. The molecule has 0 nitrogen and oxygen atoms in total. The van der Waals surface area contributed by atoms with Crippen molar-refractivity contribution in [3.63, 3.8) is 0 Å². The van der Waals surface area contributed by atoms with Gasteiger partial charge < -0.3 is 6.92 Å². The third kappa shape index (κ3) is 11.5. The molecule has 0 aliphatic rings. The fraction of sp³-hybridized carbons (Fsp3) is 0.446. The van der Waals surface area contributed by atoms with Crippen LogP contribution in [0.15, 0.2) is 60.7 Å². The Morgan fingerprint density at radius 1 is 0.390 bits per heavy atom. The second-order valence-electron chi connectivity index (χ2n) is 20.9. The fourth-order valence-corrected chi connectivity index (χ4v) is 8.10. The zero-order valence-electron chi connectivity index (χ0n) is 40.7. The van der Waals surface area contributed by atoms with Gasteiger partial charge in [0.05, 0.1) is 0 Å². The van der Waals surface area contributed by atoms with Crippen LogP contribution >= 0.6 is 17.0 Å². The van der Waals surface area contributed by atoms with Gasteiger partial charge in [-0.15, -0.1) is 55.9 Å². The molecule has 0 saturated carbocycles. The van der Waals surface area contributed by atoms with Gasteiger partial charge in [0.25, 0.3) is 0 Å². The fourth-order valence-electron chi connectivity index (χ4n) is 8.10. The van der Waals surface area contributed by atoms with Crippen LogP contribution in [0.25, 0.3) is 43.8 Å². The number of rotatable bonds is 2. The van der Waals surface area contributed by atoms with E-state index in [1.807, 2.05) is 0 Å². The van der Waals surface area contributed by atoms with Crippen LogP contribution in [-0.2, 0) is 42.5 Å². The number of hydrogen-bond donors (Lipinski definition) is 0. The second-order valence-corrected chi connectivity index (χ2v) is 24.6. The quantitative estimate of drug-likeness (QED) is 0.152. The Morgan fingerprint density at radius 3 is 0.847 bits per heavy atom. The summed E-state index contributed by atoms with van der Waals surface area (Å²) < 4.78 is 0. The molecule has 0 fully saturated rings. The molecule has 6 rings (SSSR count). The molecule has 0 atom stereocenters. The Kier molecular flexibility index (Phi) is 16.7.